The standard InChI is InChI=1S/C13H15N3O3S/c1-16-9-11(6-7-13(16)17)15-20(18,19)12-5-3-2-4-10(12)8-14/h2-5,11,15H,6-7,9H2,1H3. The molecule has 1 aromatic rings. The first-order chi connectivity index (χ1) is 9.44. The molecule has 0 radical (unpaired) electrons. The third kappa shape index (κ3) is 2.98. The van der Waals surface area contributed by atoms with Crippen LogP contribution in [0.5, 0.6) is 0 Å². The van der Waals surface area contributed by atoms with Gasteiger partial charge >= 0.3 is 0 Å². The molecule has 1 aromatic carbocycles. The summed E-state index contributed by atoms with van der Waals surface area (Å²) in [5, 5.41) is 8.97. The lowest BCUT2D eigenvalue weighted by Crippen LogP contribution is -2.48. The molecule has 6 nitrogen and oxygen atoms in total. The van der Waals surface area contributed by atoms with E-state index in [1.807, 2.05) is 6.07 Å². The molecule has 0 spiro atoms. The maximum Gasteiger partial charge on any atom is 0.242 e. The normalized spacial score (nSPS) is 19.7. The molecule has 1 aliphatic rings. The molecule has 1 aliphatic heterocycles. The van der Waals surface area contributed by atoms with Crippen LogP contribution >= 0.6 is 0 Å². The number of nitrogens with one attached hydrogen (secondary N) is 1. The van der Waals surface area contributed by atoms with Crippen LogP contribution in [-0.2, 0) is 14.8 Å². The maximum atomic E-state index is 12.3. The fourth-order valence-electron chi connectivity index (χ4n) is 2.18. The van der Waals surface area contributed by atoms with Gasteiger partial charge in [0, 0.05) is 26.1 Å². The van der Waals surface area contributed by atoms with Gasteiger partial charge in [0.25, 0.3) is 0 Å². The maximum absolute atomic E-state index is 12.3. The fraction of sp³-hybridized carbons (Fsp3) is 0.385. The molecule has 0 bridgehead atoms. The Hall–Kier alpha value is -1.91. The van der Waals surface area contributed by atoms with Crippen LogP contribution in [0.15, 0.2) is 29.2 Å². The van der Waals surface area contributed by atoms with Gasteiger partial charge in [0.15, 0.2) is 0 Å². The number of hydrogen-bond donors (Lipinski definition) is 1. The number of nitriles is 1. The van der Waals surface area contributed by atoms with Crippen LogP contribution in [0.1, 0.15) is 18.4 Å². The topological polar surface area (TPSA) is 90.3 Å². The summed E-state index contributed by atoms with van der Waals surface area (Å²) in [5.74, 6) is 0.0119. The molecule has 0 aromatic heterocycles. The number of likely N-dealkylation sites (tertiary alicyclic amines) is 1. The van der Waals surface area contributed by atoms with Gasteiger partial charge in [-0.15, -0.1) is 0 Å². The average molecular weight is 293 g/mol. The van der Waals surface area contributed by atoms with Gasteiger partial charge < -0.3 is 4.90 Å². The second kappa shape index (κ2) is 5.61. The van der Waals surface area contributed by atoms with E-state index in [2.05, 4.69) is 4.72 Å². The summed E-state index contributed by atoms with van der Waals surface area (Å²) >= 11 is 0. The Morgan fingerprint density at radius 2 is 2.10 bits per heavy atom. The summed E-state index contributed by atoms with van der Waals surface area (Å²) in [7, 11) is -2.11. The van der Waals surface area contributed by atoms with E-state index >= 15 is 0 Å². The van der Waals surface area contributed by atoms with Crippen molar-refractivity contribution in [3.8, 4) is 6.07 Å². The number of nitrogens with zero attached hydrogens (tertiary/aromatic N) is 2. The second-order valence-electron chi connectivity index (χ2n) is 4.74. The molecular formula is C13H15N3O3S. The zero-order chi connectivity index (χ0) is 14.8. The van der Waals surface area contributed by atoms with Crippen molar-refractivity contribution in [2.75, 3.05) is 13.6 Å². The van der Waals surface area contributed by atoms with Gasteiger partial charge in [0.05, 0.1) is 10.5 Å². The van der Waals surface area contributed by atoms with Crippen LogP contribution in [0.4, 0.5) is 0 Å². The molecule has 1 heterocycles. The van der Waals surface area contributed by atoms with Gasteiger partial charge in [-0.25, -0.2) is 13.1 Å². The number of carbonyl (C=O) groups excluding carboxylic acids is 1. The number of hydrogen-bond acceptors (Lipinski definition) is 4. The van der Waals surface area contributed by atoms with Crippen LogP contribution < -0.4 is 4.72 Å². The number of amides is 1. The zero-order valence-electron chi connectivity index (χ0n) is 11.0. The molecule has 1 amide bonds. The van der Waals surface area contributed by atoms with E-state index in [0.717, 1.165) is 0 Å². The highest BCUT2D eigenvalue weighted by atomic mass is 32.2. The van der Waals surface area contributed by atoms with Gasteiger partial charge in [0.2, 0.25) is 15.9 Å². The smallest absolute Gasteiger partial charge is 0.242 e. The van der Waals surface area contributed by atoms with Crippen molar-refractivity contribution in [2.24, 2.45) is 0 Å². The van der Waals surface area contributed by atoms with E-state index in [4.69, 9.17) is 5.26 Å². The third-order valence-corrected chi connectivity index (χ3v) is 4.82. The summed E-state index contributed by atoms with van der Waals surface area (Å²) in [5.41, 5.74) is 0.111. The van der Waals surface area contributed by atoms with Crippen LogP contribution in [0, 0.1) is 11.3 Å². The number of piperidine rings is 1. The van der Waals surface area contributed by atoms with E-state index in [9.17, 15) is 13.2 Å². The van der Waals surface area contributed by atoms with E-state index in [0.29, 0.717) is 19.4 Å². The number of benzene rings is 1. The molecule has 2 rings (SSSR count). The van der Waals surface area contributed by atoms with E-state index in [1.54, 1.807) is 19.2 Å². The minimum absolute atomic E-state index is 0.0119. The molecule has 20 heavy (non-hydrogen) atoms. The minimum atomic E-state index is -3.75. The number of sulfonamides is 1. The number of likely N-dealkylation sites (N-methyl/N-ethyl adjacent to an activating group) is 1. The molecule has 0 aliphatic carbocycles. The van der Waals surface area contributed by atoms with E-state index < -0.39 is 10.0 Å². The lowest BCUT2D eigenvalue weighted by atomic mass is 10.1. The van der Waals surface area contributed by atoms with Gasteiger partial charge in [0.1, 0.15) is 6.07 Å². The highest BCUT2D eigenvalue weighted by Crippen LogP contribution is 2.17. The van der Waals surface area contributed by atoms with Crippen LogP contribution in [0.25, 0.3) is 0 Å². The summed E-state index contributed by atoms with van der Waals surface area (Å²) in [4.78, 5) is 12.9. The van der Waals surface area contributed by atoms with Gasteiger partial charge in [-0.1, -0.05) is 12.1 Å². The zero-order valence-corrected chi connectivity index (χ0v) is 11.9. The van der Waals surface area contributed by atoms with Crippen LogP contribution in [0.2, 0.25) is 0 Å². The first kappa shape index (κ1) is 14.5. The van der Waals surface area contributed by atoms with Crippen molar-refractivity contribution < 1.29 is 13.2 Å². The van der Waals surface area contributed by atoms with Crippen molar-refractivity contribution in [1.82, 2.24) is 9.62 Å². The molecule has 0 saturated carbocycles. The Labute approximate surface area is 118 Å². The summed E-state index contributed by atoms with van der Waals surface area (Å²) in [6.45, 7) is 0.340. The van der Waals surface area contributed by atoms with Crippen LogP contribution in [0.3, 0.4) is 0 Å². The Kier molecular flexibility index (Phi) is 4.06. The second-order valence-corrected chi connectivity index (χ2v) is 6.42. The first-order valence-electron chi connectivity index (χ1n) is 6.19. The van der Waals surface area contributed by atoms with Gasteiger partial charge in [-0.2, -0.15) is 5.26 Å². The molecule has 106 valence electrons. The summed E-state index contributed by atoms with van der Waals surface area (Å²) < 4.78 is 27.2. The Balaban J connectivity index is 2.20. The predicted molar refractivity (Wildman–Crippen MR) is 72.1 cm³/mol. The van der Waals surface area contributed by atoms with Crippen molar-refractivity contribution in [3.63, 3.8) is 0 Å². The lowest BCUT2D eigenvalue weighted by Gasteiger charge is -2.30. The highest BCUT2D eigenvalue weighted by Gasteiger charge is 2.28. The molecular weight excluding hydrogens is 278 g/mol. The largest absolute Gasteiger partial charge is 0.344 e. The summed E-state index contributed by atoms with van der Waals surface area (Å²) in [6.07, 6.45) is 0.792. The number of carbonyl (C=O) groups is 1. The van der Waals surface area contributed by atoms with Crippen molar-refractivity contribution in [1.29, 1.82) is 5.26 Å². The molecule has 1 fully saturated rings. The molecule has 1 N–H and O–H groups in total. The van der Waals surface area contributed by atoms with E-state index in [-0.39, 0.29) is 22.4 Å². The van der Waals surface area contributed by atoms with Crippen LogP contribution in [-0.4, -0.2) is 38.9 Å². The highest BCUT2D eigenvalue weighted by molar-refractivity contribution is 7.89. The van der Waals surface area contributed by atoms with Gasteiger partial charge in [-0.05, 0) is 18.6 Å². The fourth-order valence-corrected chi connectivity index (χ4v) is 3.60. The third-order valence-electron chi connectivity index (χ3n) is 3.25. The molecule has 1 unspecified atom stereocenters. The first-order valence-corrected chi connectivity index (χ1v) is 7.68. The Morgan fingerprint density at radius 1 is 1.40 bits per heavy atom. The predicted octanol–water partition coefficient (Wildman–Crippen LogP) is 0.457. The number of rotatable bonds is 3. The molecule has 1 atom stereocenters. The quantitative estimate of drug-likeness (QED) is 0.876. The summed E-state index contributed by atoms with van der Waals surface area (Å²) in [6, 6.07) is 7.60. The monoisotopic (exact) mass is 293 g/mol. The van der Waals surface area contributed by atoms with Crippen molar-refractivity contribution in [3.05, 3.63) is 29.8 Å². The molecule has 1 saturated heterocycles. The van der Waals surface area contributed by atoms with Crippen molar-refractivity contribution in [2.45, 2.75) is 23.8 Å². The van der Waals surface area contributed by atoms with Gasteiger partial charge in [-0.3, -0.25) is 4.79 Å². The lowest BCUT2D eigenvalue weighted by molar-refractivity contribution is -0.132. The van der Waals surface area contributed by atoms with E-state index in [1.165, 1.54) is 17.0 Å². The Bertz CT molecular complexity index is 664. The Morgan fingerprint density at radius 3 is 2.75 bits per heavy atom. The van der Waals surface area contributed by atoms with Crippen molar-refractivity contribution >= 4 is 15.9 Å². The minimum Gasteiger partial charge on any atom is -0.344 e. The average Bonchev–Trinajstić information content (AvgIpc) is 2.42. The molecule has 7 heteroatoms. The SMILES string of the molecule is CN1CC(NS(=O)(=O)c2ccccc2C#N)CCC1=O.